The molecule has 3 heterocycles. The summed E-state index contributed by atoms with van der Waals surface area (Å²) in [6, 6.07) is 15.2. The van der Waals surface area contributed by atoms with Crippen molar-refractivity contribution in [2.24, 2.45) is 0 Å². The van der Waals surface area contributed by atoms with E-state index in [-0.39, 0.29) is 18.5 Å². The number of nitrogens with zero attached hydrogens (tertiary/aromatic N) is 1. The molecule has 4 N–H and O–H groups in total. The lowest BCUT2D eigenvalue weighted by Gasteiger charge is -2.23. The summed E-state index contributed by atoms with van der Waals surface area (Å²) in [6.07, 6.45) is 0.467. The zero-order valence-electron chi connectivity index (χ0n) is 19.0. The van der Waals surface area contributed by atoms with E-state index in [1.165, 1.54) is 12.1 Å². The molecule has 9 heteroatoms. The molecule has 1 atom stereocenters. The van der Waals surface area contributed by atoms with Crippen LogP contribution in [-0.2, 0) is 12.0 Å². The van der Waals surface area contributed by atoms with Gasteiger partial charge < -0.3 is 20.1 Å². The number of carbonyl (C=O) groups excluding carboxylic acids is 1. The predicted octanol–water partition coefficient (Wildman–Crippen LogP) is 4.14. The molecule has 7 nitrogen and oxygen atoms in total. The summed E-state index contributed by atoms with van der Waals surface area (Å²) >= 11 is 6.03. The molecule has 0 radical (unpaired) electrons. The van der Waals surface area contributed by atoms with E-state index >= 15 is 0 Å². The van der Waals surface area contributed by atoms with E-state index in [1.54, 1.807) is 30.3 Å². The van der Waals surface area contributed by atoms with E-state index < -0.39 is 5.54 Å². The van der Waals surface area contributed by atoms with Crippen LogP contribution < -0.4 is 15.4 Å². The lowest BCUT2D eigenvalue weighted by Crippen LogP contribution is -2.41. The highest BCUT2D eigenvalue weighted by molar-refractivity contribution is 6.31. The van der Waals surface area contributed by atoms with Crippen LogP contribution in [0.25, 0.3) is 22.2 Å². The number of pyridine rings is 1. The summed E-state index contributed by atoms with van der Waals surface area (Å²) in [7, 11) is 0. The maximum absolute atomic E-state index is 13.5. The summed E-state index contributed by atoms with van der Waals surface area (Å²) in [5, 5.41) is 17.0. The zero-order valence-corrected chi connectivity index (χ0v) is 19.7. The van der Waals surface area contributed by atoms with Crippen molar-refractivity contribution in [3.8, 4) is 17.0 Å². The molecule has 35 heavy (non-hydrogen) atoms. The van der Waals surface area contributed by atoms with Crippen LogP contribution in [0.5, 0.6) is 5.75 Å². The van der Waals surface area contributed by atoms with Crippen LogP contribution in [0.15, 0.2) is 54.6 Å². The lowest BCUT2D eigenvalue weighted by atomic mass is 9.92. The third kappa shape index (κ3) is 4.60. The minimum Gasteiger partial charge on any atom is -0.489 e. The molecular weight excluding hydrogens is 471 g/mol. The van der Waals surface area contributed by atoms with Crippen LogP contribution in [0.1, 0.15) is 28.7 Å². The zero-order chi connectivity index (χ0) is 24.6. The normalized spacial score (nSPS) is 16.8. The number of fused-ring (bicyclic) bond motifs is 2. The van der Waals surface area contributed by atoms with Gasteiger partial charge in [0.05, 0.1) is 12.3 Å². The fourth-order valence-electron chi connectivity index (χ4n) is 4.31. The standard InChI is InChI=1S/C26H24ClFN4O3/c1-26(30-14-33)13-35-24-20(26)12-19(31-23(24)15-3-6-18(28)7-4-15)8-9-29-25(34)22-10-16-2-5-17(27)11-21(16)32-22/h2-7,10-12,30,32-33H,8-9,13-14H2,1H3,(H,29,34). The Labute approximate surface area is 206 Å². The molecule has 0 saturated heterocycles. The van der Waals surface area contributed by atoms with Crippen LogP contribution in [0.3, 0.4) is 0 Å². The number of hydrogen-bond acceptors (Lipinski definition) is 5. The molecule has 0 bridgehead atoms. The van der Waals surface area contributed by atoms with Gasteiger partial charge in [-0.25, -0.2) is 9.37 Å². The number of halogens is 2. The summed E-state index contributed by atoms with van der Waals surface area (Å²) in [4.78, 5) is 20.6. The van der Waals surface area contributed by atoms with Gasteiger partial charge >= 0.3 is 0 Å². The largest absolute Gasteiger partial charge is 0.489 e. The number of aromatic nitrogens is 2. The number of hydrogen-bond donors (Lipinski definition) is 4. The Kier molecular flexibility index (Phi) is 6.19. The number of benzene rings is 2. The van der Waals surface area contributed by atoms with Gasteiger partial charge in [0, 0.05) is 45.7 Å². The molecule has 1 aliphatic heterocycles. The number of aliphatic hydroxyl groups excluding tert-OH is 1. The Bertz CT molecular complexity index is 1410. The van der Waals surface area contributed by atoms with Crippen molar-refractivity contribution >= 4 is 28.4 Å². The maximum Gasteiger partial charge on any atom is 0.267 e. The topological polar surface area (TPSA) is 99.3 Å². The smallest absolute Gasteiger partial charge is 0.267 e. The molecule has 1 aliphatic rings. The predicted molar refractivity (Wildman–Crippen MR) is 132 cm³/mol. The highest BCUT2D eigenvalue weighted by atomic mass is 35.5. The van der Waals surface area contributed by atoms with E-state index in [2.05, 4.69) is 15.6 Å². The minimum absolute atomic E-state index is 0.214. The Morgan fingerprint density at radius 1 is 1.23 bits per heavy atom. The number of carbonyl (C=O) groups is 1. The first-order valence-corrected chi connectivity index (χ1v) is 11.6. The van der Waals surface area contributed by atoms with E-state index in [0.29, 0.717) is 41.7 Å². The number of aromatic amines is 1. The quantitative estimate of drug-likeness (QED) is 0.289. The van der Waals surface area contributed by atoms with E-state index in [4.69, 9.17) is 21.3 Å². The minimum atomic E-state index is -0.606. The summed E-state index contributed by atoms with van der Waals surface area (Å²) in [5.41, 5.74) is 3.55. The van der Waals surface area contributed by atoms with Crippen LogP contribution in [0.4, 0.5) is 4.39 Å². The fourth-order valence-corrected chi connectivity index (χ4v) is 4.48. The van der Waals surface area contributed by atoms with E-state index in [1.807, 2.05) is 19.1 Å². The van der Waals surface area contributed by atoms with Gasteiger partial charge in [0.15, 0.2) is 5.75 Å². The van der Waals surface area contributed by atoms with Crippen molar-refractivity contribution in [2.45, 2.75) is 18.9 Å². The molecule has 0 aliphatic carbocycles. The van der Waals surface area contributed by atoms with Crippen LogP contribution in [-0.4, -0.2) is 40.9 Å². The van der Waals surface area contributed by atoms with Crippen molar-refractivity contribution in [1.82, 2.24) is 20.6 Å². The number of amides is 1. The number of rotatable bonds is 7. The highest BCUT2D eigenvalue weighted by Crippen LogP contribution is 2.43. The van der Waals surface area contributed by atoms with Crippen molar-refractivity contribution in [2.75, 3.05) is 19.9 Å². The first kappa shape index (κ1) is 23.3. The van der Waals surface area contributed by atoms with Crippen LogP contribution >= 0.6 is 11.6 Å². The second-order valence-corrected chi connectivity index (χ2v) is 9.16. The van der Waals surface area contributed by atoms with Gasteiger partial charge in [0.25, 0.3) is 5.91 Å². The molecular formula is C26H24ClFN4O3. The van der Waals surface area contributed by atoms with Crippen LogP contribution in [0.2, 0.25) is 5.02 Å². The van der Waals surface area contributed by atoms with E-state index in [0.717, 1.165) is 27.7 Å². The van der Waals surface area contributed by atoms with Gasteiger partial charge in [-0.1, -0.05) is 17.7 Å². The first-order chi connectivity index (χ1) is 16.9. The third-order valence-corrected chi connectivity index (χ3v) is 6.44. The molecule has 1 amide bonds. The average molecular weight is 495 g/mol. The Morgan fingerprint density at radius 2 is 2.03 bits per heavy atom. The molecule has 0 fully saturated rings. The van der Waals surface area contributed by atoms with Crippen molar-refractivity contribution in [3.63, 3.8) is 0 Å². The number of H-pyrrole nitrogens is 1. The third-order valence-electron chi connectivity index (χ3n) is 6.21. The molecule has 1 unspecified atom stereocenters. The molecule has 180 valence electrons. The maximum atomic E-state index is 13.5. The second kappa shape index (κ2) is 9.30. The van der Waals surface area contributed by atoms with Gasteiger partial charge in [-0.2, -0.15) is 0 Å². The molecule has 5 rings (SSSR count). The van der Waals surface area contributed by atoms with Gasteiger partial charge in [-0.05, 0) is 55.5 Å². The SMILES string of the molecule is CC1(NCO)COc2c1cc(CCNC(=O)c1cc3ccc(Cl)cc3[nH]1)nc2-c1ccc(F)cc1. The van der Waals surface area contributed by atoms with E-state index in [9.17, 15) is 14.3 Å². The number of nitrogens with one attached hydrogen (secondary N) is 3. The Morgan fingerprint density at radius 3 is 2.80 bits per heavy atom. The average Bonchev–Trinajstić information content (AvgIpc) is 3.40. The van der Waals surface area contributed by atoms with Crippen molar-refractivity contribution in [1.29, 1.82) is 0 Å². The molecule has 0 saturated carbocycles. The monoisotopic (exact) mass is 494 g/mol. The fraction of sp³-hybridized carbons (Fsp3) is 0.231. The van der Waals surface area contributed by atoms with Gasteiger partial charge in [-0.15, -0.1) is 0 Å². The molecule has 0 spiro atoms. The molecule has 2 aromatic heterocycles. The van der Waals surface area contributed by atoms with Gasteiger partial charge in [0.2, 0.25) is 0 Å². The van der Waals surface area contributed by atoms with Crippen molar-refractivity contribution in [3.05, 3.63) is 82.4 Å². The van der Waals surface area contributed by atoms with Crippen molar-refractivity contribution < 1.29 is 19.0 Å². The van der Waals surface area contributed by atoms with Gasteiger partial charge in [0.1, 0.15) is 23.8 Å². The number of aliphatic hydroxyl groups is 1. The summed E-state index contributed by atoms with van der Waals surface area (Å²) < 4.78 is 19.5. The van der Waals surface area contributed by atoms with Crippen LogP contribution in [0, 0.1) is 5.82 Å². The summed E-state index contributed by atoms with van der Waals surface area (Å²) in [6.45, 7) is 2.41. The van der Waals surface area contributed by atoms with Gasteiger partial charge in [-0.3, -0.25) is 10.1 Å². The first-order valence-electron chi connectivity index (χ1n) is 11.2. The molecule has 2 aromatic carbocycles. The Balaban J connectivity index is 1.38. The Hall–Kier alpha value is -3.46. The molecule has 4 aromatic rings. The highest BCUT2D eigenvalue weighted by Gasteiger charge is 2.38. The second-order valence-electron chi connectivity index (χ2n) is 8.72. The lowest BCUT2D eigenvalue weighted by molar-refractivity contribution is 0.0950. The summed E-state index contributed by atoms with van der Waals surface area (Å²) in [5.74, 6) is 0.0353. The number of ether oxygens (including phenoxy) is 1.